The lowest BCUT2D eigenvalue weighted by Gasteiger charge is -2.09. The Bertz CT molecular complexity index is 310. The van der Waals surface area contributed by atoms with Crippen LogP contribution in [0.2, 0.25) is 0 Å². The number of benzene rings is 1. The van der Waals surface area contributed by atoms with Crippen LogP contribution in [-0.4, -0.2) is 12.6 Å². The fourth-order valence-corrected chi connectivity index (χ4v) is 1.59. The van der Waals surface area contributed by atoms with Crippen molar-refractivity contribution >= 4 is 0 Å². The van der Waals surface area contributed by atoms with Gasteiger partial charge in [0.1, 0.15) is 0 Å². The van der Waals surface area contributed by atoms with E-state index < -0.39 is 0 Å². The summed E-state index contributed by atoms with van der Waals surface area (Å²) in [7, 11) is 0. The smallest absolute Gasteiger partial charge is 0.0716 e. The minimum absolute atomic E-state index is 0.527. The van der Waals surface area contributed by atoms with E-state index in [2.05, 4.69) is 50.4 Å². The predicted molar refractivity (Wildman–Crippen MR) is 73.0 cm³/mol. The molecule has 96 valence electrons. The first kappa shape index (κ1) is 14.2. The minimum Gasteiger partial charge on any atom is -0.377 e. The Hall–Kier alpha value is -0.860. The monoisotopic (exact) mass is 235 g/mol. The van der Waals surface area contributed by atoms with Crippen LogP contribution in [0.5, 0.6) is 0 Å². The molecule has 1 aromatic rings. The molecule has 0 aromatic heterocycles. The van der Waals surface area contributed by atoms with Gasteiger partial charge in [-0.15, -0.1) is 0 Å². The second-order valence-electron chi connectivity index (χ2n) is 4.76. The van der Waals surface area contributed by atoms with Crippen LogP contribution < -0.4 is 5.32 Å². The zero-order valence-corrected chi connectivity index (χ0v) is 11.3. The summed E-state index contributed by atoms with van der Waals surface area (Å²) in [5, 5.41) is 3.42. The number of hydrogen-bond donors (Lipinski definition) is 1. The van der Waals surface area contributed by atoms with E-state index in [0.717, 1.165) is 26.2 Å². The van der Waals surface area contributed by atoms with E-state index in [-0.39, 0.29) is 0 Å². The molecule has 0 unspecified atom stereocenters. The van der Waals surface area contributed by atoms with Crippen molar-refractivity contribution in [2.45, 2.75) is 52.8 Å². The first-order valence-electron chi connectivity index (χ1n) is 6.61. The van der Waals surface area contributed by atoms with Crippen molar-refractivity contribution in [1.82, 2.24) is 5.32 Å². The molecule has 1 aromatic carbocycles. The highest BCUT2D eigenvalue weighted by Gasteiger charge is 1.98. The Labute approximate surface area is 105 Å². The van der Waals surface area contributed by atoms with Gasteiger partial charge in [-0.25, -0.2) is 0 Å². The van der Waals surface area contributed by atoms with Crippen LogP contribution in [0.1, 0.15) is 44.7 Å². The Morgan fingerprint density at radius 2 is 2.00 bits per heavy atom. The summed E-state index contributed by atoms with van der Waals surface area (Å²) in [6.07, 6.45) is 2.34. The van der Waals surface area contributed by atoms with E-state index in [1.807, 2.05) is 0 Å². The quantitative estimate of drug-likeness (QED) is 0.696. The highest BCUT2D eigenvalue weighted by molar-refractivity contribution is 5.22. The van der Waals surface area contributed by atoms with Gasteiger partial charge in [0, 0.05) is 19.2 Å². The molecule has 1 rings (SSSR count). The third-order valence-corrected chi connectivity index (χ3v) is 2.62. The van der Waals surface area contributed by atoms with E-state index in [1.54, 1.807) is 0 Å². The molecule has 0 atom stereocenters. The Kier molecular flexibility index (Phi) is 6.90. The van der Waals surface area contributed by atoms with E-state index in [9.17, 15) is 0 Å². The number of hydrogen-bond acceptors (Lipinski definition) is 2. The van der Waals surface area contributed by atoms with Crippen molar-refractivity contribution in [1.29, 1.82) is 0 Å². The van der Waals surface area contributed by atoms with Gasteiger partial charge in [-0.1, -0.05) is 51.5 Å². The SMILES string of the molecule is CCCCOCc1cccc(CNC(C)C)c1. The van der Waals surface area contributed by atoms with E-state index in [1.165, 1.54) is 17.5 Å². The van der Waals surface area contributed by atoms with Gasteiger partial charge in [-0.2, -0.15) is 0 Å². The van der Waals surface area contributed by atoms with E-state index >= 15 is 0 Å². The van der Waals surface area contributed by atoms with Crippen LogP contribution in [0.15, 0.2) is 24.3 Å². The molecule has 0 saturated heterocycles. The molecule has 0 bridgehead atoms. The topological polar surface area (TPSA) is 21.3 Å². The molecule has 17 heavy (non-hydrogen) atoms. The zero-order valence-electron chi connectivity index (χ0n) is 11.3. The summed E-state index contributed by atoms with van der Waals surface area (Å²) in [4.78, 5) is 0. The van der Waals surface area contributed by atoms with Crippen molar-refractivity contribution in [3.63, 3.8) is 0 Å². The second-order valence-corrected chi connectivity index (χ2v) is 4.76. The van der Waals surface area contributed by atoms with Gasteiger partial charge in [0.25, 0.3) is 0 Å². The van der Waals surface area contributed by atoms with Crippen molar-refractivity contribution in [2.75, 3.05) is 6.61 Å². The first-order chi connectivity index (χ1) is 8.22. The van der Waals surface area contributed by atoms with Crippen molar-refractivity contribution in [3.05, 3.63) is 35.4 Å². The number of rotatable bonds is 8. The maximum atomic E-state index is 5.62. The van der Waals surface area contributed by atoms with Crippen LogP contribution in [0.3, 0.4) is 0 Å². The Balaban J connectivity index is 2.37. The highest BCUT2D eigenvalue weighted by atomic mass is 16.5. The molecule has 2 nitrogen and oxygen atoms in total. The molecule has 0 amide bonds. The van der Waals surface area contributed by atoms with E-state index in [4.69, 9.17) is 4.74 Å². The highest BCUT2D eigenvalue weighted by Crippen LogP contribution is 2.07. The largest absolute Gasteiger partial charge is 0.377 e. The van der Waals surface area contributed by atoms with Gasteiger partial charge in [-0.3, -0.25) is 0 Å². The molecule has 0 aliphatic carbocycles. The summed E-state index contributed by atoms with van der Waals surface area (Å²) in [5.41, 5.74) is 2.60. The molecule has 0 fully saturated rings. The van der Waals surface area contributed by atoms with E-state index in [0.29, 0.717) is 6.04 Å². The average molecular weight is 235 g/mol. The van der Waals surface area contributed by atoms with Crippen LogP contribution in [0.25, 0.3) is 0 Å². The molecular formula is C15H25NO. The molecule has 0 radical (unpaired) electrons. The lowest BCUT2D eigenvalue weighted by molar-refractivity contribution is 0.118. The van der Waals surface area contributed by atoms with Gasteiger partial charge in [0.2, 0.25) is 0 Å². The normalized spacial score (nSPS) is 11.1. The molecule has 2 heteroatoms. The van der Waals surface area contributed by atoms with Crippen molar-refractivity contribution < 1.29 is 4.74 Å². The van der Waals surface area contributed by atoms with Crippen molar-refractivity contribution in [2.24, 2.45) is 0 Å². The number of unbranched alkanes of at least 4 members (excludes halogenated alkanes) is 1. The third kappa shape index (κ3) is 6.44. The molecule has 1 N–H and O–H groups in total. The van der Waals surface area contributed by atoms with Crippen LogP contribution >= 0.6 is 0 Å². The Morgan fingerprint density at radius 1 is 1.24 bits per heavy atom. The lowest BCUT2D eigenvalue weighted by Crippen LogP contribution is -2.21. The minimum atomic E-state index is 0.527. The predicted octanol–water partition coefficient (Wildman–Crippen LogP) is 3.50. The fourth-order valence-electron chi connectivity index (χ4n) is 1.59. The third-order valence-electron chi connectivity index (χ3n) is 2.62. The zero-order chi connectivity index (χ0) is 12.5. The first-order valence-corrected chi connectivity index (χ1v) is 6.61. The maximum Gasteiger partial charge on any atom is 0.0716 e. The molecule has 0 aliphatic rings. The second kappa shape index (κ2) is 8.26. The van der Waals surface area contributed by atoms with Gasteiger partial charge in [0.05, 0.1) is 6.61 Å². The van der Waals surface area contributed by atoms with Crippen LogP contribution in [0, 0.1) is 0 Å². The molecule has 0 spiro atoms. The fraction of sp³-hybridized carbons (Fsp3) is 0.600. The van der Waals surface area contributed by atoms with Gasteiger partial charge in [0.15, 0.2) is 0 Å². The molecule has 0 saturated carbocycles. The van der Waals surface area contributed by atoms with Crippen LogP contribution in [-0.2, 0) is 17.9 Å². The van der Waals surface area contributed by atoms with Crippen LogP contribution in [0.4, 0.5) is 0 Å². The molecular weight excluding hydrogens is 210 g/mol. The molecule has 0 aliphatic heterocycles. The summed E-state index contributed by atoms with van der Waals surface area (Å²) < 4.78 is 5.62. The summed E-state index contributed by atoms with van der Waals surface area (Å²) in [6, 6.07) is 9.15. The standard InChI is InChI=1S/C15H25NO/c1-4-5-9-17-12-15-8-6-7-14(10-15)11-16-13(2)3/h6-8,10,13,16H,4-5,9,11-12H2,1-3H3. The van der Waals surface area contributed by atoms with Gasteiger partial charge < -0.3 is 10.1 Å². The Morgan fingerprint density at radius 3 is 2.71 bits per heavy atom. The molecule has 0 heterocycles. The average Bonchev–Trinajstić information content (AvgIpc) is 2.33. The van der Waals surface area contributed by atoms with Gasteiger partial charge >= 0.3 is 0 Å². The maximum absolute atomic E-state index is 5.62. The summed E-state index contributed by atoms with van der Waals surface area (Å²) >= 11 is 0. The van der Waals surface area contributed by atoms with Gasteiger partial charge in [-0.05, 0) is 17.5 Å². The summed E-state index contributed by atoms with van der Waals surface area (Å²) in [5.74, 6) is 0. The summed E-state index contributed by atoms with van der Waals surface area (Å²) in [6.45, 7) is 9.04. The number of ether oxygens (including phenoxy) is 1. The lowest BCUT2D eigenvalue weighted by atomic mass is 10.1. The van der Waals surface area contributed by atoms with Crippen molar-refractivity contribution in [3.8, 4) is 0 Å². The number of nitrogens with one attached hydrogen (secondary N) is 1.